The summed E-state index contributed by atoms with van der Waals surface area (Å²) in [4.78, 5) is 4.19. The smallest absolute Gasteiger partial charge is 0.168 e. The zero-order valence-corrected chi connectivity index (χ0v) is 12.4. The Hall–Kier alpha value is -2.51. The highest BCUT2D eigenvalue weighted by atomic mass is 16.3. The quantitative estimate of drug-likeness (QED) is 0.943. The zero-order chi connectivity index (χ0) is 15.4. The molecule has 1 aliphatic rings. The van der Waals surface area contributed by atoms with E-state index < -0.39 is 5.54 Å². The summed E-state index contributed by atoms with van der Waals surface area (Å²) in [5.74, 6) is 0. The number of rotatable bonds is 3. The van der Waals surface area contributed by atoms with Gasteiger partial charge in [-0.3, -0.25) is 0 Å². The minimum absolute atomic E-state index is 0.193. The first-order valence-corrected chi connectivity index (χ1v) is 7.44. The summed E-state index contributed by atoms with van der Waals surface area (Å²) in [6.45, 7) is 1.82. The number of nitrogens with zero attached hydrogens (tertiary/aromatic N) is 3. The Morgan fingerprint density at radius 2 is 1.55 bits per heavy atom. The minimum Gasteiger partial charge on any atom is -0.393 e. The van der Waals surface area contributed by atoms with Crippen LogP contribution in [0, 0.1) is 11.3 Å². The SMILES string of the molecule is N#CC1(CO)CN(c2ccccc2)CCN1c1ccccc1. The van der Waals surface area contributed by atoms with Crippen molar-refractivity contribution in [1.29, 1.82) is 5.26 Å². The molecule has 1 unspecified atom stereocenters. The van der Waals surface area contributed by atoms with E-state index in [0.717, 1.165) is 17.9 Å². The van der Waals surface area contributed by atoms with Crippen LogP contribution in [-0.2, 0) is 0 Å². The van der Waals surface area contributed by atoms with Crippen molar-refractivity contribution in [3.63, 3.8) is 0 Å². The maximum Gasteiger partial charge on any atom is 0.168 e. The molecule has 1 N–H and O–H groups in total. The molecule has 112 valence electrons. The van der Waals surface area contributed by atoms with Gasteiger partial charge in [0.2, 0.25) is 0 Å². The van der Waals surface area contributed by atoms with Crippen LogP contribution >= 0.6 is 0 Å². The summed E-state index contributed by atoms with van der Waals surface area (Å²) < 4.78 is 0. The zero-order valence-electron chi connectivity index (χ0n) is 12.4. The third kappa shape index (κ3) is 2.51. The molecule has 1 heterocycles. The second kappa shape index (κ2) is 6.08. The van der Waals surface area contributed by atoms with E-state index in [4.69, 9.17) is 0 Å². The molecule has 0 aromatic heterocycles. The Bertz CT molecular complexity index is 653. The van der Waals surface area contributed by atoms with Gasteiger partial charge in [-0.15, -0.1) is 0 Å². The molecule has 0 radical (unpaired) electrons. The summed E-state index contributed by atoms with van der Waals surface area (Å²) in [6, 6.07) is 22.2. The van der Waals surface area contributed by atoms with Crippen molar-refractivity contribution in [2.75, 3.05) is 36.0 Å². The molecule has 4 nitrogen and oxygen atoms in total. The van der Waals surface area contributed by atoms with Gasteiger partial charge < -0.3 is 14.9 Å². The number of nitriles is 1. The Morgan fingerprint density at radius 3 is 2.09 bits per heavy atom. The lowest BCUT2D eigenvalue weighted by molar-refractivity contribution is 0.216. The molecule has 22 heavy (non-hydrogen) atoms. The molecule has 1 saturated heterocycles. The van der Waals surface area contributed by atoms with Crippen LogP contribution < -0.4 is 9.80 Å². The third-order valence-electron chi connectivity index (χ3n) is 4.22. The summed E-state index contributed by atoms with van der Waals surface area (Å²) in [5.41, 5.74) is 1.14. The molecule has 4 heteroatoms. The van der Waals surface area contributed by atoms with Crippen LogP contribution in [0.25, 0.3) is 0 Å². The first-order chi connectivity index (χ1) is 10.8. The van der Waals surface area contributed by atoms with E-state index in [-0.39, 0.29) is 6.61 Å². The average Bonchev–Trinajstić information content (AvgIpc) is 2.62. The molecule has 0 bridgehead atoms. The molecule has 1 atom stereocenters. The monoisotopic (exact) mass is 293 g/mol. The molecule has 0 spiro atoms. The number of hydrogen-bond donors (Lipinski definition) is 1. The Balaban J connectivity index is 1.92. The number of piperazine rings is 1. The van der Waals surface area contributed by atoms with E-state index in [1.165, 1.54) is 0 Å². The van der Waals surface area contributed by atoms with Gasteiger partial charge in [-0.2, -0.15) is 5.26 Å². The van der Waals surface area contributed by atoms with Gasteiger partial charge in [0.15, 0.2) is 5.54 Å². The summed E-state index contributed by atoms with van der Waals surface area (Å²) >= 11 is 0. The Kier molecular flexibility index (Phi) is 3.99. The highest BCUT2D eigenvalue weighted by Crippen LogP contribution is 2.30. The van der Waals surface area contributed by atoms with Crippen molar-refractivity contribution in [3.8, 4) is 6.07 Å². The van der Waals surface area contributed by atoms with Crippen molar-refractivity contribution in [1.82, 2.24) is 0 Å². The van der Waals surface area contributed by atoms with Crippen LogP contribution in [0.1, 0.15) is 0 Å². The van der Waals surface area contributed by atoms with Crippen LogP contribution in [0.5, 0.6) is 0 Å². The molecular formula is C18H19N3O. The number of aliphatic hydroxyl groups excluding tert-OH is 1. The average molecular weight is 293 g/mol. The predicted molar refractivity (Wildman–Crippen MR) is 87.9 cm³/mol. The lowest BCUT2D eigenvalue weighted by Gasteiger charge is -2.48. The van der Waals surface area contributed by atoms with Crippen molar-refractivity contribution < 1.29 is 5.11 Å². The normalized spacial score (nSPS) is 21.5. The molecule has 0 aliphatic carbocycles. The molecule has 0 amide bonds. The van der Waals surface area contributed by atoms with Crippen molar-refractivity contribution in [2.24, 2.45) is 0 Å². The fourth-order valence-electron chi connectivity index (χ4n) is 3.02. The molecule has 3 rings (SSSR count). The van der Waals surface area contributed by atoms with E-state index in [0.29, 0.717) is 13.1 Å². The molecule has 0 saturated carbocycles. The summed E-state index contributed by atoms with van der Waals surface area (Å²) in [6.07, 6.45) is 0. The fourth-order valence-corrected chi connectivity index (χ4v) is 3.02. The third-order valence-corrected chi connectivity index (χ3v) is 4.22. The predicted octanol–water partition coefficient (Wildman–Crippen LogP) is 2.27. The highest BCUT2D eigenvalue weighted by Gasteiger charge is 2.42. The maximum absolute atomic E-state index is 9.95. The molecule has 1 fully saturated rings. The second-order valence-corrected chi connectivity index (χ2v) is 5.55. The topological polar surface area (TPSA) is 50.5 Å². The van der Waals surface area contributed by atoms with Crippen molar-refractivity contribution in [3.05, 3.63) is 60.7 Å². The van der Waals surface area contributed by atoms with Gasteiger partial charge in [0.05, 0.1) is 19.2 Å². The number of hydrogen-bond acceptors (Lipinski definition) is 4. The maximum atomic E-state index is 9.95. The first-order valence-electron chi connectivity index (χ1n) is 7.44. The van der Waals surface area contributed by atoms with E-state index in [1.807, 2.05) is 65.6 Å². The lowest BCUT2D eigenvalue weighted by atomic mass is 9.95. The number of anilines is 2. The van der Waals surface area contributed by atoms with Crippen molar-refractivity contribution >= 4 is 11.4 Å². The minimum atomic E-state index is -0.921. The summed E-state index contributed by atoms with van der Waals surface area (Å²) in [7, 11) is 0. The van der Waals surface area contributed by atoms with Gasteiger partial charge in [0, 0.05) is 24.5 Å². The van der Waals surface area contributed by atoms with E-state index in [1.54, 1.807) is 0 Å². The lowest BCUT2D eigenvalue weighted by Crippen LogP contribution is -2.64. The van der Waals surface area contributed by atoms with Gasteiger partial charge in [0.25, 0.3) is 0 Å². The van der Waals surface area contributed by atoms with Gasteiger partial charge >= 0.3 is 0 Å². The molecule has 2 aromatic rings. The van der Waals surface area contributed by atoms with Crippen LogP contribution in [0.2, 0.25) is 0 Å². The van der Waals surface area contributed by atoms with Gasteiger partial charge in [0.1, 0.15) is 0 Å². The van der Waals surface area contributed by atoms with Crippen molar-refractivity contribution in [2.45, 2.75) is 5.54 Å². The molecule has 1 aliphatic heterocycles. The number of para-hydroxylation sites is 2. The molecular weight excluding hydrogens is 274 g/mol. The van der Waals surface area contributed by atoms with E-state index >= 15 is 0 Å². The number of benzene rings is 2. The highest BCUT2D eigenvalue weighted by molar-refractivity contribution is 5.57. The largest absolute Gasteiger partial charge is 0.393 e. The first kappa shape index (κ1) is 14.4. The van der Waals surface area contributed by atoms with E-state index in [2.05, 4.69) is 11.0 Å². The second-order valence-electron chi connectivity index (χ2n) is 5.55. The Morgan fingerprint density at radius 1 is 0.955 bits per heavy atom. The van der Waals surface area contributed by atoms with Gasteiger partial charge in [-0.05, 0) is 24.3 Å². The van der Waals surface area contributed by atoms with Crippen LogP contribution in [0.15, 0.2) is 60.7 Å². The standard InChI is InChI=1S/C18H19N3O/c19-13-18(15-22)14-20(16-7-3-1-4-8-16)11-12-21(18)17-9-5-2-6-10-17/h1-10,22H,11-12,14-15H2. The van der Waals surface area contributed by atoms with Crippen LogP contribution in [0.3, 0.4) is 0 Å². The Labute approximate surface area is 130 Å². The number of aliphatic hydroxyl groups is 1. The van der Waals surface area contributed by atoms with E-state index in [9.17, 15) is 10.4 Å². The fraction of sp³-hybridized carbons (Fsp3) is 0.278. The van der Waals surface area contributed by atoms with Crippen LogP contribution in [-0.4, -0.2) is 36.9 Å². The van der Waals surface area contributed by atoms with Gasteiger partial charge in [-0.25, -0.2) is 0 Å². The summed E-state index contributed by atoms with van der Waals surface area (Å²) in [5, 5.41) is 19.7. The molecule has 2 aromatic carbocycles. The van der Waals surface area contributed by atoms with Gasteiger partial charge in [-0.1, -0.05) is 36.4 Å². The van der Waals surface area contributed by atoms with Crippen LogP contribution in [0.4, 0.5) is 11.4 Å².